The molecule has 0 aliphatic rings. The molecule has 0 atom stereocenters. The molecule has 0 N–H and O–H groups in total. The summed E-state index contributed by atoms with van der Waals surface area (Å²) in [7, 11) is 0. The molecule has 0 amide bonds. The van der Waals surface area contributed by atoms with Gasteiger partial charge in [0.1, 0.15) is 0 Å². The van der Waals surface area contributed by atoms with Crippen molar-refractivity contribution in [3.05, 3.63) is 66.4 Å². The second kappa shape index (κ2) is 4.86. The van der Waals surface area contributed by atoms with E-state index in [1.165, 1.54) is 19.5 Å². The molecule has 0 radical (unpaired) electrons. The molecule has 2 nitrogen and oxygen atoms in total. The van der Waals surface area contributed by atoms with E-state index in [4.69, 9.17) is 0 Å². The van der Waals surface area contributed by atoms with Crippen LogP contribution in [0.3, 0.4) is 0 Å². The van der Waals surface area contributed by atoms with Crippen LogP contribution in [0.4, 0.5) is 0 Å². The minimum atomic E-state index is 0.228. The van der Waals surface area contributed by atoms with Gasteiger partial charge in [-0.15, -0.1) is 0 Å². The molecule has 0 aliphatic carbocycles. The van der Waals surface area contributed by atoms with Crippen LogP contribution in [0.1, 0.15) is 5.56 Å². The van der Waals surface area contributed by atoms with E-state index in [1.54, 1.807) is 0 Å². The molecule has 98 valence electrons. The predicted octanol–water partition coefficient (Wildman–Crippen LogP) is 3.98. The maximum atomic E-state index is 9.36. The summed E-state index contributed by atoms with van der Waals surface area (Å²) in [6, 6.07) is 20.6. The molecular formula is C18H10N2Se. The van der Waals surface area contributed by atoms with Gasteiger partial charge in [0.2, 0.25) is 0 Å². The van der Waals surface area contributed by atoms with Crippen molar-refractivity contribution in [1.29, 1.82) is 5.26 Å². The summed E-state index contributed by atoms with van der Waals surface area (Å²) in [6.07, 6.45) is 1.82. The number of fused-ring (bicyclic) bond motifs is 3. The second-order valence-corrected chi connectivity index (χ2v) is 7.00. The van der Waals surface area contributed by atoms with Crippen LogP contribution in [0, 0.1) is 11.3 Å². The summed E-state index contributed by atoms with van der Waals surface area (Å²) in [5.41, 5.74) is 2.96. The van der Waals surface area contributed by atoms with E-state index >= 15 is 0 Å². The fourth-order valence-electron chi connectivity index (χ4n) is 2.66. The normalized spacial score (nSPS) is 10.8. The monoisotopic (exact) mass is 334 g/mol. The summed E-state index contributed by atoms with van der Waals surface area (Å²) in [4.78, 5) is 4.48. The molecule has 0 fully saturated rings. The molecule has 2 aromatic carbocycles. The first-order valence-corrected chi connectivity index (χ1v) is 8.35. The van der Waals surface area contributed by atoms with Gasteiger partial charge in [-0.25, -0.2) is 0 Å². The zero-order valence-electron chi connectivity index (χ0n) is 11.1. The van der Waals surface area contributed by atoms with Crippen molar-refractivity contribution >= 4 is 33.8 Å². The average molecular weight is 333 g/mol. The third kappa shape index (κ3) is 1.89. The quantitative estimate of drug-likeness (QED) is 0.494. The van der Waals surface area contributed by atoms with E-state index in [-0.39, 0.29) is 14.5 Å². The van der Waals surface area contributed by atoms with E-state index in [2.05, 4.69) is 35.3 Å². The summed E-state index contributed by atoms with van der Waals surface area (Å²) >= 11 is 0.228. The van der Waals surface area contributed by atoms with Gasteiger partial charge in [0, 0.05) is 0 Å². The maximum absolute atomic E-state index is 9.36. The Morgan fingerprint density at radius 1 is 0.952 bits per heavy atom. The summed E-state index contributed by atoms with van der Waals surface area (Å²) in [5.74, 6) is 0. The molecule has 0 aliphatic heterocycles. The standard InChI is InChI=1S/C18H10N2Se/c19-11-12-5-3-9-16-17(12)14-7-4-6-13(18(14)21-16)15-8-1-2-10-20-15/h1-10H. The van der Waals surface area contributed by atoms with Gasteiger partial charge < -0.3 is 0 Å². The van der Waals surface area contributed by atoms with Crippen LogP contribution in [0.25, 0.3) is 30.6 Å². The first-order valence-electron chi connectivity index (χ1n) is 6.64. The SMILES string of the molecule is N#Cc1cccc2[se]c3c(-c4ccccn4)cccc3c12. The topological polar surface area (TPSA) is 36.7 Å². The Morgan fingerprint density at radius 2 is 1.86 bits per heavy atom. The van der Waals surface area contributed by atoms with E-state index in [1.807, 2.05) is 36.5 Å². The van der Waals surface area contributed by atoms with Crippen LogP contribution in [-0.2, 0) is 0 Å². The van der Waals surface area contributed by atoms with Crippen LogP contribution in [0.2, 0.25) is 0 Å². The zero-order valence-corrected chi connectivity index (χ0v) is 12.8. The van der Waals surface area contributed by atoms with E-state index in [0.717, 1.165) is 16.6 Å². The second-order valence-electron chi connectivity index (χ2n) is 4.79. The fourth-order valence-corrected chi connectivity index (χ4v) is 5.29. The molecule has 0 unspecified atom stereocenters. The van der Waals surface area contributed by atoms with Crippen molar-refractivity contribution < 1.29 is 0 Å². The van der Waals surface area contributed by atoms with Crippen molar-refractivity contribution in [2.75, 3.05) is 0 Å². The Bertz CT molecular complexity index is 994. The fraction of sp³-hybridized carbons (Fsp3) is 0. The van der Waals surface area contributed by atoms with Crippen molar-refractivity contribution in [2.24, 2.45) is 0 Å². The van der Waals surface area contributed by atoms with Crippen LogP contribution < -0.4 is 0 Å². The van der Waals surface area contributed by atoms with Gasteiger partial charge in [0.05, 0.1) is 0 Å². The molecule has 4 rings (SSSR count). The summed E-state index contributed by atoms with van der Waals surface area (Å²) in [5, 5.41) is 11.7. The number of nitriles is 1. The number of nitrogens with zero attached hydrogens (tertiary/aromatic N) is 2. The van der Waals surface area contributed by atoms with Gasteiger partial charge in [-0.3, -0.25) is 0 Å². The van der Waals surface area contributed by atoms with Gasteiger partial charge in [-0.1, -0.05) is 0 Å². The Hall–Kier alpha value is -2.40. The third-order valence-electron chi connectivity index (χ3n) is 3.58. The van der Waals surface area contributed by atoms with E-state index in [9.17, 15) is 5.26 Å². The number of pyridine rings is 1. The molecule has 2 heterocycles. The van der Waals surface area contributed by atoms with Crippen LogP contribution in [0.15, 0.2) is 60.8 Å². The zero-order chi connectivity index (χ0) is 14.2. The molecule has 0 spiro atoms. The molecule has 0 bridgehead atoms. The summed E-state index contributed by atoms with van der Waals surface area (Å²) < 4.78 is 2.63. The molecular weight excluding hydrogens is 323 g/mol. The van der Waals surface area contributed by atoms with E-state index < -0.39 is 0 Å². The van der Waals surface area contributed by atoms with Gasteiger partial charge in [-0.2, -0.15) is 0 Å². The molecule has 2 aromatic heterocycles. The van der Waals surface area contributed by atoms with Crippen LogP contribution in [-0.4, -0.2) is 19.5 Å². The number of benzene rings is 2. The number of hydrogen-bond donors (Lipinski definition) is 0. The molecule has 4 aromatic rings. The van der Waals surface area contributed by atoms with Crippen molar-refractivity contribution in [2.45, 2.75) is 0 Å². The Labute approximate surface area is 128 Å². The van der Waals surface area contributed by atoms with Crippen LogP contribution >= 0.6 is 0 Å². The predicted molar refractivity (Wildman–Crippen MR) is 86.3 cm³/mol. The first-order chi connectivity index (χ1) is 10.4. The Morgan fingerprint density at radius 3 is 2.67 bits per heavy atom. The number of hydrogen-bond acceptors (Lipinski definition) is 2. The van der Waals surface area contributed by atoms with Crippen molar-refractivity contribution in [3.63, 3.8) is 0 Å². The molecule has 21 heavy (non-hydrogen) atoms. The van der Waals surface area contributed by atoms with Gasteiger partial charge in [0.25, 0.3) is 0 Å². The molecule has 3 heteroatoms. The number of rotatable bonds is 1. The van der Waals surface area contributed by atoms with Crippen molar-refractivity contribution in [1.82, 2.24) is 4.98 Å². The molecule has 0 saturated carbocycles. The Balaban J connectivity index is 2.15. The molecule has 0 saturated heterocycles. The van der Waals surface area contributed by atoms with E-state index in [0.29, 0.717) is 0 Å². The Kier molecular flexibility index (Phi) is 2.86. The minimum absolute atomic E-state index is 0.228. The van der Waals surface area contributed by atoms with Gasteiger partial charge in [0.15, 0.2) is 0 Å². The van der Waals surface area contributed by atoms with Crippen LogP contribution in [0.5, 0.6) is 0 Å². The average Bonchev–Trinajstić information content (AvgIpc) is 2.94. The van der Waals surface area contributed by atoms with Crippen molar-refractivity contribution in [3.8, 4) is 17.3 Å². The van der Waals surface area contributed by atoms with Gasteiger partial charge in [-0.05, 0) is 0 Å². The van der Waals surface area contributed by atoms with Gasteiger partial charge >= 0.3 is 128 Å². The summed E-state index contributed by atoms with van der Waals surface area (Å²) in [6.45, 7) is 0. The third-order valence-corrected chi connectivity index (χ3v) is 6.11. The number of aromatic nitrogens is 1. The first kappa shape index (κ1) is 12.3.